The zero-order valence-electron chi connectivity index (χ0n) is 7.87. The summed E-state index contributed by atoms with van der Waals surface area (Å²) in [4.78, 5) is 14.5. The van der Waals surface area contributed by atoms with Crippen molar-refractivity contribution in [3.63, 3.8) is 0 Å². The first-order chi connectivity index (χ1) is 7.25. The Hall–Kier alpha value is -2.17. The molecule has 0 atom stereocenters. The fourth-order valence-corrected chi connectivity index (χ4v) is 1.24. The first kappa shape index (κ1) is 9.39. The van der Waals surface area contributed by atoms with Crippen molar-refractivity contribution in [1.82, 2.24) is 14.8 Å². The second-order valence-electron chi connectivity index (χ2n) is 3.06. The van der Waals surface area contributed by atoms with Crippen LogP contribution in [0.4, 0.5) is 0 Å². The van der Waals surface area contributed by atoms with Gasteiger partial charge in [-0.3, -0.25) is 9.67 Å². The fourth-order valence-electron chi connectivity index (χ4n) is 1.24. The van der Waals surface area contributed by atoms with Crippen LogP contribution < -0.4 is 0 Å². The third-order valence-electron chi connectivity index (χ3n) is 1.93. The van der Waals surface area contributed by atoms with Crippen molar-refractivity contribution in [2.75, 3.05) is 0 Å². The summed E-state index contributed by atoms with van der Waals surface area (Å²) in [6, 6.07) is 5.21. The van der Waals surface area contributed by atoms with Gasteiger partial charge in [0.05, 0.1) is 6.54 Å². The highest BCUT2D eigenvalue weighted by molar-refractivity contribution is 5.85. The molecule has 0 aliphatic carbocycles. The van der Waals surface area contributed by atoms with Crippen molar-refractivity contribution in [3.8, 4) is 0 Å². The van der Waals surface area contributed by atoms with Crippen LogP contribution >= 0.6 is 0 Å². The summed E-state index contributed by atoms with van der Waals surface area (Å²) in [5.41, 5.74) is 1.04. The second-order valence-corrected chi connectivity index (χ2v) is 3.06. The molecule has 0 unspecified atom stereocenters. The predicted molar refractivity (Wildman–Crippen MR) is 52.5 cm³/mol. The van der Waals surface area contributed by atoms with Crippen LogP contribution in [0.5, 0.6) is 0 Å². The number of carboxylic acid groups (broad SMARTS) is 1. The van der Waals surface area contributed by atoms with Gasteiger partial charge < -0.3 is 5.11 Å². The zero-order chi connectivity index (χ0) is 10.7. The minimum absolute atomic E-state index is 0.0545. The molecule has 5 nitrogen and oxygen atoms in total. The lowest BCUT2D eigenvalue weighted by Gasteiger charge is -1.99. The van der Waals surface area contributed by atoms with Crippen molar-refractivity contribution >= 4 is 5.97 Å². The van der Waals surface area contributed by atoms with E-state index < -0.39 is 5.97 Å². The Morgan fingerprint density at radius 1 is 1.47 bits per heavy atom. The second kappa shape index (κ2) is 3.91. The lowest BCUT2D eigenvalue weighted by Crippen LogP contribution is -2.03. The minimum Gasteiger partial charge on any atom is -0.476 e. The van der Waals surface area contributed by atoms with Crippen molar-refractivity contribution in [2.24, 2.45) is 0 Å². The average molecular weight is 203 g/mol. The molecule has 0 aliphatic heterocycles. The quantitative estimate of drug-likeness (QED) is 0.808. The van der Waals surface area contributed by atoms with E-state index in [0.29, 0.717) is 6.54 Å². The maximum Gasteiger partial charge on any atom is 0.356 e. The Bertz CT molecular complexity index is 465. The van der Waals surface area contributed by atoms with E-state index in [4.69, 9.17) is 5.11 Å². The van der Waals surface area contributed by atoms with Crippen molar-refractivity contribution in [2.45, 2.75) is 6.54 Å². The van der Waals surface area contributed by atoms with Crippen molar-refractivity contribution < 1.29 is 9.90 Å². The van der Waals surface area contributed by atoms with Gasteiger partial charge in [0, 0.05) is 18.6 Å². The monoisotopic (exact) mass is 203 g/mol. The molecule has 2 rings (SSSR count). The molecule has 2 aromatic heterocycles. The van der Waals surface area contributed by atoms with Crippen LogP contribution in [0, 0.1) is 0 Å². The molecule has 0 fully saturated rings. The third kappa shape index (κ3) is 2.19. The summed E-state index contributed by atoms with van der Waals surface area (Å²) in [6.07, 6.45) is 5.05. The summed E-state index contributed by atoms with van der Waals surface area (Å²) in [6.45, 7) is 0.529. The molecule has 0 bridgehead atoms. The molecule has 15 heavy (non-hydrogen) atoms. The van der Waals surface area contributed by atoms with E-state index in [1.807, 2.05) is 12.1 Å². The van der Waals surface area contributed by atoms with Gasteiger partial charge in [-0.2, -0.15) is 5.10 Å². The molecule has 76 valence electrons. The predicted octanol–water partition coefficient (Wildman–Crippen LogP) is 1.02. The highest BCUT2D eigenvalue weighted by atomic mass is 16.4. The van der Waals surface area contributed by atoms with E-state index in [1.165, 1.54) is 6.07 Å². The van der Waals surface area contributed by atoms with Crippen LogP contribution in [-0.4, -0.2) is 25.8 Å². The molecule has 2 heterocycles. The van der Waals surface area contributed by atoms with Crippen molar-refractivity contribution in [1.29, 1.82) is 0 Å². The van der Waals surface area contributed by atoms with Crippen molar-refractivity contribution in [3.05, 3.63) is 48.0 Å². The largest absolute Gasteiger partial charge is 0.476 e. The summed E-state index contributed by atoms with van der Waals surface area (Å²) >= 11 is 0. The van der Waals surface area contributed by atoms with Gasteiger partial charge in [-0.15, -0.1) is 0 Å². The van der Waals surface area contributed by atoms with Gasteiger partial charge in [0.1, 0.15) is 0 Å². The molecular formula is C10H9N3O2. The van der Waals surface area contributed by atoms with E-state index in [9.17, 15) is 4.79 Å². The SMILES string of the molecule is O=C(O)c1ccn(Cc2cccnc2)n1. The van der Waals surface area contributed by atoms with Crippen LogP contribution in [0.3, 0.4) is 0 Å². The third-order valence-corrected chi connectivity index (χ3v) is 1.93. The van der Waals surface area contributed by atoms with Gasteiger partial charge in [0.15, 0.2) is 5.69 Å². The van der Waals surface area contributed by atoms with Crippen LogP contribution in [0.1, 0.15) is 16.1 Å². The van der Waals surface area contributed by atoms with Crippen LogP contribution in [-0.2, 0) is 6.54 Å². The van der Waals surface area contributed by atoms with Gasteiger partial charge in [-0.05, 0) is 17.7 Å². The summed E-state index contributed by atoms with van der Waals surface area (Å²) in [7, 11) is 0. The number of nitrogens with zero attached hydrogens (tertiary/aromatic N) is 3. The number of hydrogen-bond donors (Lipinski definition) is 1. The highest BCUT2D eigenvalue weighted by Crippen LogP contribution is 2.01. The lowest BCUT2D eigenvalue weighted by atomic mass is 10.3. The summed E-state index contributed by atoms with van der Waals surface area (Å²) in [5.74, 6) is -1.01. The zero-order valence-corrected chi connectivity index (χ0v) is 7.87. The number of carbonyl (C=O) groups is 1. The number of hydrogen-bond acceptors (Lipinski definition) is 3. The van der Waals surface area contributed by atoms with Gasteiger partial charge in [0.25, 0.3) is 0 Å². The Morgan fingerprint density at radius 3 is 2.93 bits per heavy atom. The first-order valence-corrected chi connectivity index (χ1v) is 4.41. The van der Waals surface area contributed by atoms with E-state index in [1.54, 1.807) is 23.3 Å². The van der Waals surface area contributed by atoms with Crippen LogP contribution in [0.2, 0.25) is 0 Å². The smallest absolute Gasteiger partial charge is 0.356 e. The molecular weight excluding hydrogens is 194 g/mol. The number of aromatic carboxylic acids is 1. The van der Waals surface area contributed by atoms with E-state index in [2.05, 4.69) is 10.1 Å². The Morgan fingerprint density at radius 2 is 2.33 bits per heavy atom. The number of aromatic nitrogens is 3. The molecule has 0 saturated heterocycles. The van der Waals surface area contributed by atoms with E-state index in [-0.39, 0.29) is 5.69 Å². The van der Waals surface area contributed by atoms with Crippen LogP contribution in [0.15, 0.2) is 36.8 Å². The molecule has 0 aromatic carbocycles. The number of carboxylic acids is 1. The highest BCUT2D eigenvalue weighted by Gasteiger charge is 2.06. The molecule has 2 aromatic rings. The normalized spacial score (nSPS) is 10.1. The van der Waals surface area contributed by atoms with Gasteiger partial charge in [-0.1, -0.05) is 6.07 Å². The average Bonchev–Trinajstić information content (AvgIpc) is 2.68. The standard InChI is InChI=1S/C10H9N3O2/c14-10(15)9-3-5-13(12-9)7-8-2-1-4-11-6-8/h1-6H,7H2,(H,14,15). The lowest BCUT2D eigenvalue weighted by molar-refractivity contribution is 0.0689. The number of pyridine rings is 1. The Kier molecular flexibility index (Phi) is 2.45. The van der Waals surface area contributed by atoms with Gasteiger partial charge in [-0.25, -0.2) is 4.79 Å². The maximum atomic E-state index is 10.6. The van der Waals surface area contributed by atoms with E-state index >= 15 is 0 Å². The molecule has 0 saturated carbocycles. The van der Waals surface area contributed by atoms with Gasteiger partial charge in [0.2, 0.25) is 0 Å². The molecule has 5 heteroatoms. The van der Waals surface area contributed by atoms with Crippen LogP contribution in [0.25, 0.3) is 0 Å². The Balaban J connectivity index is 2.15. The topological polar surface area (TPSA) is 68.0 Å². The summed E-state index contributed by atoms with van der Waals surface area (Å²) < 4.78 is 1.57. The molecule has 0 amide bonds. The molecule has 0 aliphatic rings. The molecule has 0 radical (unpaired) electrons. The molecule has 1 N–H and O–H groups in total. The number of rotatable bonds is 3. The summed E-state index contributed by atoms with van der Waals surface area (Å²) in [5, 5.41) is 12.6. The Labute approximate surface area is 86.0 Å². The van der Waals surface area contributed by atoms with Gasteiger partial charge >= 0.3 is 5.97 Å². The maximum absolute atomic E-state index is 10.6. The minimum atomic E-state index is -1.01. The molecule has 0 spiro atoms. The van der Waals surface area contributed by atoms with E-state index in [0.717, 1.165) is 5.56 Å². The first-order valence-electron chi connectivity index (χ1n) is 4.41. The fraction of sp³-hybridized carbons (Fsp3) is 0.100.